The second-order valence-electron chi connectivity index (χ2n) is 6.61. The maximum atomic E-state index is 12.3. The number of nitrogens with zero attached hydrogens (tertiary/aromatic N) is 3. The van der Waals surface area contributed by atoms with E-state index < -0.39 is 0 Å². The van der Waals surface area contributed by atoms with Gasteiger partial charge in [0.2, 0.25) is 5.91 Å². The number of halogens is 2. The molecule has 152 valence electrons. The molecule has 2 heterocycles. The van der Waals surface area contributed by atoms with Gasteiger partial charge in [-0.2, -0.15) is 0 Å². The summed E-state index contributed by atoms with van der Waals surface area (Å²) in [4.78, 5) is 12.3. The van der Waals surface area contributed by atoms with Crippen molar-refractivity contribution in [2.45, 2.75) is 12.8 Å². The van der Waals surface area contributed by atoms with Crippen LogP contribution in [0.2, 0.25) is 10.0 Å². The number of aromatic nitrogens is 3. The molecule has 0 aliphatic rings. The summed E-state index contributed by atoms with van der Waals surface area (Å²) in [6, 6.07) is 18.3. The number of ether oxygens (including phenoxy) is 1. The Morgan fingerprint density at radius 3 is 2.80 bits per heavy atom. The molecule has 0 atom stereocenters. The fraction of sp³-hybridized carbons (Fsp3) is 0.136. The van der Waals surface area contributed by atoms with Gasteiger partial charge in [0, 0.05) is 28.9 Å². The van der Waals surface area contributed by atoms with E-state index >= 15 is 0 Å². The topological polar surface area (TPSA) is 68.5 Å². The molecule has 2 aromatic carbocycles. The van der Waals surface area contributed by atoms with E-state index in [1.54, 1.807) is 18.2 Å². The Morgan fingerprint density at radius 1 is 1.03 bits per heavy atom. The second kappa shape index (κ2) is 9.15. The van der Waals surface area contributed by atoms with E-state index in [2.05, 4.69) is 15.5 Å². The molecule has 2 aromatic heterocycles. The molecule has 0 saturated carbocycles. The molecule has 0 radical (unpaired) electrons. The van der Waals surface area contributed by atoms with Crippen molar-refractivity contribution < 1.29 is 9.53 Å². The zero-order valence-electron chi connectivity index (χ0n) is 15.9. The van der Waals surface area contributed by atoms with Crippen LogP contribution in [-0.2, 0) is 4.79 Å². The van der Waals surface area contributed by atoms with E-state index in [1.807, 2.05) is 53.1 Å². The summed E-state index contributed by atoms with van der Waals surface area (Å²) in [5, 5.41) is 12.3. The van der Waals surface area contributed by atoms with Crippen LogP contribution in [0.3, 0.4) is 0 Å². The quantitative estimate of drug-likeness (QED) is 0.385. The predicted octanol–water partition coefficient (Wildman–Crippen LogP) is 5.50. The van der Waals surface area contributed by atoms with Crippen molar-refractivity contribution in [3.63, 3.8) is 0 Å². The van der Waals surface area contributed by atoms with Crippen LogP contribution in [0.15, 0.2) is 66.9 Å². The maximum Gasteiger partial charge on any atom is 0.224 e. The molecule has 0 spiro atoms. The molecule has 30 heavy (non-hydrogen) atoms. The largest absolute Gasteiger partial charge is 0.492 e. The molecule has 0 fully saturated rings. The van der Waals surface area contributed by atoms with Crippen LogP contribution in [0, 0.1) is 0 Å². The SMILES string of the molecule is O=C(CCCOc1ccc(Cl)cc1Cl)Nc1cccc(-c2nnc3ccccn23)c1. The van der Waals surface area contributed by atoms with Gasteiger partial charge in [0.1, 0.15) is 5.75 Å². The summed E-state index contributed by atoms with van der Waals surface area (Å²) in [5.41, 5.74) is 2.33. The number of amides is 1. The summed E-state index contributed by atoms with van der Waals surface area (Å²) in [7, 11) is 0. The fourth-order valence-corrected chi connectivity index (χ4v) is 3.47. The summed E-state index contributed by atoms with van der Waals surface area (Å²) < 4.78 is 7.52. The third kappa shape index (κ3) is 4.72. The highest BCUT2D eigenvalue weighted by Crippen LogP contribution is 2.27. The van der Waals surface area contributed by atoms with Gasteiger partial charge in [0.15, 0.2) is 11.5 Å². The van der Waals surface area contributed by atoms with Gasteiger partial charge in [-0.1, -0.05) is 41.4 Å². The number of nitrogens with one attached hydrogen (secondary N) is 1. The molecule has 0 aliphatic carbocycles. The standard InChI is InChI=1S/C22H18Cl2N4O2/c23-16-9-10-19(18(24)14-16)30-12-4-8-21(29)25-17-6-3-5-15(13-17)22-27-26-20-7-1-2-11-28(20)22/h1-3,5-7,9-11,13-14H,4,8,12H2,(H,25,29). The van der Waals surface area contributed by atoms with E-state index in [0.29, 0.717) is 40.9 Å². The van der Waals surface area contributed by atoms with Crippen molar-refractivity contribution in [2.24, 2.45) is 0 Å². The Hall–Kier alpha value is -3.09. The molecule has 6 nitrogen and oxygen atoms in total. The number of anilines is 1. The lowest BCUT2D eigenvalue weighted by Crippen LogP contribution is -2.13. The maximum absolute atomic E-state index is 12.3. The minimum atomic E-state index is -0.0935. The molecule has 4 rings (SSSR count). The van der Waals surface area contributed by atoms with Crippen molar-refractivity contribution in [2.75, 3.05) is 11.9 Å². The molecular formula is C22H18Cl2N4O2. The zero-order valence-corrected chi connectivity index (χ0v) is 17.4. The lowest BCUT2D eigenvalue weighted by atomic mass is 10.2. The molecular weight excluding hydrogens is 423 g/mol. The first-order valence-electron chi connectivity index (χ1n) is 9.38. The number of rotatable bonds is 7. The molecule has 0 unspecified atom stereocenters. The van der Waals surface area contributed by atoms with Crippen molar-refractivity contribution >= 4 is 40.4 Å². The molecule has 4 aromatic rings. The number of hydrogen-bond acceptors (Lipinski definition) is 4. The zero-order chi connectivity index (χ0) is 20.9. The highest BCUT2D eigenvalue weighted by molar-refractivity contribution is 6.35. The minimum absolute atomic E-state index is 0.0935. The third-order valence-electron chi connectivity index (χ3n) is 4.42. The minimum Gasteiger partial charge on any atom is -0.492 e. The Kier molecular flexibility index (Phi) is 6.16. The highest BCUT2D eigenvalue weighted by Gasteiger charge is 2.09. The Bertz CT molecular complexity index is 1190. The summed E-state index contributed by atoms with van der Waals surface area (Å²) in [6.45, 7) is 0.376. The second-order valence-corrected chi connectivity index (χ2v) is 7.45. The van der Waals surface area contributed by atoms with Crippen molar-refractivity contribution in [1.29, 1.82) is 0 Å². The lowest BCUT2D eigenvalue weighted by Gasteiger charge is -2.09. The normalized spacial score (nSPS) is 10.9. The van der Waals surface area contributed by atoms with Crippen LogP contribution in [0.1, 0.15) is 12.8 Å². The first kappa shape index (κ1) is 20.2. The molecule has 1 N–H and O–H groups in total. The first-order chi connectivity index (χ1) is 14.6. The van der Waals surface area contributed by atoms with Crippen molar-refractivity contribution in [1.82, 2.24) is 14.6 Å². The molecule has 8 heteroatoms. The number of pyridine rings is 1. The van der Waals surface area contributed by atoms with E-state index in [1.165, 1.54) is 0 Å². The van der Waals surface area contributed by atoms with Gasteiger partial charge in [0.05, 0.1) is 11.6 Å². The number of carbonyl (C=O) groups excluding carboxylic acids is 1. The lowest BCUT2D eigenvalue weighted by molar-refractivity contribution is -0.116. The Balaban J connectivity index is 1.33. The van der Waals surface area contributed by atoms with Crippen LogP contribution < -0.4 is 10.1 Å². The van der Waals surface area contributed by atoms with Crippen LogP contribution in [0.4, 0.5) is 5.69 Å². The van der Waals surface area contributed by atoms with E-state index in [4.69, 9.17) is 27.9 Å². The first-order valence-corrected chi connectivity index (χ1v) is 10.1. The number of hydrogen-bond donors (Lipinski definition) is 1. The van der Waals surface area contributed by atoms with Crippen LogP contribution >= 0.6 is 23.2 Å². The van der Waals surface area contributed by atoms with Crippen LogP contribution in [-0.4, -0.2) is 27.1 Å². The van der Waals surface area contributed by atoms with Crippen molar-refractivity contribution in [3.05, 3.63) is 76.9 Å². The van der Waals surface area contributed by atoms with Crippen LogP contribution in [0.5, 0.6) is 5.75 Å². The number of fused-ring (bicyclic) bond motifs is 1. The molecule has 0 saturated heterocycles. The van der Waals surface area contributed by atoms with Gasteiger partial charge < -0.3 is 10.1 Å². The van der Waals surface area contributed by atoms with Gasteiger partial charge in [-0.15, -0.1) is 10.2 Å². The molecule has 0 bridgehead atoms. The van der Waals surface area contributed by atoms with E-state index in [0.717, 1.165) is 17.0 Å². The van der Waals surface area contributed by atoms with E-state index in [-0.39, 0.29) is 5.91 Å². The average Bonchev–Trinajstić information content (AvgIpc) is 3.17. The number of carbonyl (C=O) groups is 1. The fourth-order valence-electron chi connectivity index (χ4n) is 3.00. The van der Waals surface area contributed by atoms with Gasteiger partial charge in [-0.3, -0.25) is 9.20 Å². The van der Waals surface area contributed by atoms with Gasteiger partial charge in [-0.25, -0.2) is 0 Å². The van der Waals surface area contributed by atoms with E-state index in [9.17, 15) is 4.79 Å². The van der Waals surface area contributed by atoms with Gasteiger partial charge in [0.25, 0.3) is 0 Å². The summed E-state index contributed by atoms with van der Waals surface area (Å²) >= 11 is 11.9. The monoisotopic (exact) mass is 440 g/mol. The molecule has 0 aliphatic heterocycles. The number of benzene rings is 2. The average molecular weight is 441 g/mol. The Morgan fingerprint density at radius 2 is 1.93 bits per heavy atom. The van der Waals surface area contributed by atoms with Crippen molar-refractivity contribution in [3.8, 4) is 17.1 Å². The van der Waals surface area contributed by atoms with Gasteiger partial charge in [-0.05, 0) is 48.9 Å². The third-order valence-corrected chi connectivity index (χ3v) is 4.95. The Labute approximate surface area is 183 Å². The van der Waals surface area contributed by atoms with Gasteiger partial charge >= 0.3 is 0 Å². The smallest absolute Gasteiger partial charge is 0.224 e. The predicted molar refractivity (Wildman–Crippen MR) is 118 cm³/mol. The molecule has 1 amide bonds. The summed E-state index contributed by atoms with van der Waals surface area (Å²) in [6.07, 6.45) is 2.78. The highest BCUT2D eigenvalue weighted by atomic mass is 35.5. The van der Waals surface area contributed by atoms with Crippen LogP contribution in [0.25, 0.3) is 17.0 Å². The summed E-state index contributed by atoms with van der Waals surface area (Å²) in [5.74, 6) is 1.17.